The number of nitrogens with zero attached hydrogens (tertiary/aromatic N) is 2. The normalized spacial score (nSPS) is 27.8. The van der Waals surface area contributed by atoms with Gasteiger partial charge in [0, 0.05) is 5.92 Å². The molecule has 0 aliphatic heterocycles. The minimum atomic E-state index is 0.193. The fraction of sp³-hybridized carbons (Fsp3) is 0.800. The molecular weight excluding hydrogens is 178 g/mol. The van der Waals surface area contributed by atoms with E-state index >= 15 is 0 Å². The molecule has 1 aromatic rings. The van der Waals surface area contributed by atoms with Crippen molar-refractivity contribution in [3.63, 3.8) is 0 Å². The van der Waals surface area contributed by atoms with Crippen molar-refractivity contribution >= 4 is 6.01 Å². The third kappa shape index (κ3) is 1.89. The molecule has 0 spiro atoms. The predicted octanol–water partition coefficient (Wildman–Crippen LogP) is 2.34. The first-order valence-corrected chi connectivity index (χ1v) is 5.38. The van der Waals surface area contributed by atoms with E-state index in [1.807, 2.05) is 0 Å². The van der Waals surface area contributed by atoms with Gasteiger partial charge in [0.2, 0.25) is 0 Å². The van der Waals surface area contributed by atoms with Crippen molar-refractivity contribution in [2.45, 2.75) is 44.9 Å². The Labute approximate surface area is 83.9 Å². The molecule has 1 aliphatic carbocycles. The zero-order chi connectivity index (χ0) is 9.97. The standard InChI is InChI=1S/C10H17N3O/c1-2-7-4-3-5-8(6-7)9-12-10(11)14-13-9/h7-8H,2-6H2,1H3,(H2,11,12,13). The molecule has 0 aromatic carbocycles. The molecule has 0 radical (unpaired) electrons. The number of hydrogen-bond acceptors (Lipinski definition) is 4. The molecule has 1 aliphatic rings. The fourth-order valence-electron chi connectivity index (χ4n) is 2.31. The second-order valence-corrected chi connectivity index (χ2v) is 4.13. The maximum Gasteiger partial charge on any atom is 0.318 e. The summed E-state index contributed by atoms with van der Waals surface area (Å²) in [6, 6.07) is 0.193. The zero-order valence-electron chi connectivity index (χ0n) is 8.57. The minimum Gasteiger partial charge on any atom is -0.351 e. The van der Waals surface area contributed by atoms with Gasteiger partial charge >= 0.3 is 6.01 Å². The van der Waals surface area contributed by atoms with Crippen LogP contribution in [0.5, 0.6) is 0 Å². The van der Waals surface area contributed by atoms with Gasteiger partial charge in [-0.05, 0) is 18.8 Å². The largest absolute Gasteiger partial charge is 0.351 e. The van der Waals surface area contributed by atoms with Gasteiger partial charge in [-0.2, -0.15) is 4.98 Å². The number of nitrogens with two attached hydrogens (primary N) is 1. The van der Waals surface area contributed by atoms with Crippen molar-refractivity contribution in [3.05, 3.63) is 5.82 Å². The van der Waals surface area contributed by atoms with Gasteiger partial charge in [-0.3, -0.25) is 0 Å². The summed E-state index contributed by atoms with van der Waals surface area (Å²) in [4.78, 5) is 4.10. The first-order valence-electron chi connectivity index (χ1n) is 5.38. The van der Waals surface area contributed by atoms with Crippen molar-refractivity contribution in [1.82, 2.24) is 10.1 Å². The summed E-state index contributed by atoms with van der Waals surface area (Å²) in [7, 11) is 0. The minimum absolute atomic E-state index is 0.193. The van der Waals surface area contributed by atoms with E-state index in [4.69, 9.17) is 10.3 Å². The third-order valence-corrected chi connectivity index (χ3v) is 3.18. The molecule has 2 rings (SSSR count). The Morgan fingerprint density at radius 1 is 1.50 bits per heavy atom. The molecule has 2 N–H and O–H groups in total. The molecule has 1 aromatic heterocycles. The van der Waals surface area contributed by atoms with Crippen molar-refractivity contribution in [2.24, 2.45) is 5.92 Å². The highest BCUT2D eigenvalue weighted by Crippen LogP contribution is 2.36. The number of rotatable bonds is 2. The molecule has 2 atom stereocenters. The summed E-state index contributed by atoms with van der Waals surface area (Å²) < 4.78 is 4.80. The van der Waals surface area contributed by atoms with E-state index in [2.05, 4.69) is 17.1 Å². The lowest BCUT2D eigenvalue weighted by molar-refractivity contribution is 0.300. The maximum atomic E-state index is 5.41. The number of aromatic nitrogens is 2. The predicted molar refractivity (Wildman–Crippen MR) is 53.7 cm³/mol. The first-order chi connectivity index (χ1) is 6.79. The topological polar surface area (TPSA) is 64.9 Å². The monoisotopic (exact) mass is 195 g/mol. The quantitative estimate of drug-likeness (QED) is 0.786. The molecule has 14 heavy (non-hydrogen) atoms. The van der Waals surface area contributed by atoms with Gasteiger partial charge in [0.25, 0.3) is 0 Å². The van der Waals surface area contributed by atoms with Gasteiger partial charge in [-0.1, -0.05) is 31.3 Å². The summed E-state index contributed by atoms with van der Waals surface area (Å²) in [5.41, 5.74) is 5.41. The lowest BCUT2D eigenvalue weighted by atomic mass is 9.80. The lowest BCUT2D eigenvalue weighted by Crippen LogP contribution is -2.14. The van der Waals surface area contributed by atoms with Crippen LogP contribution < -0.4 is 5.73 Å². The Morgan fingerprint density at radius 3 is 3.00 bits per heavy atom. The summed E-state index contributed by atoms with van der Waals surface area (Å²) in [5.74, 6) is 2.10. The van der Waals surface area contributed by atoms with Crippen LogP contribution in [0.15, 0.2) is 4.52 Å². The lowest BCUT2D eigenvalue weighted by Gasteiger charge is -2.25. The van der Waals surface area contributed by atoms with Crippen LogP contribution in [0.1, 0.15) is 50.8 Å². The molecule has 1 heterocycles. The highest BCUT2D eigenvalue weighted by molar-refractivity contribution is 5.10. The Hall–Kier alpha value is -1.06. The first kappa shape index (κ1) is 9.49. The summed E-state index contributed by atoms with van der Waals surface area (Å²) in [6.45, 7) is 2.25. The van der Waals surface area contributed by atoms with Gasteiger partial charge in [0.1, 0.15) is 0 Å². The smallest absolute Gasteiger partial charge is 0.318 e. The SMILES string of the molecule is CCC1CCCC(c2noc(N)n2)C1. The Bertz CT molecular complexity index is 297. The molecule has 1 fully saturated rings. The van der Waals surface area contributed by atoms with Crippen molar-refractivity contribution in [1.29, 1.82) is 0 Å². The highest BCUT2D eigenvalue weighted by Gasteiger charge is 2.25. The third-order valence-electron chi connectivity index (χ3n) is 3.18. The molecule has 1 saturated carbocycles. The van der Waals surface area contributed by atoms with E-state index in [1.165, 1.54) is 32.1 Å². The van der Waals surface area contributed by atoms with Crippen LogP contribution in [0.25, 0.3) is 0 Å². The molecule has 4 nitrogen and oxygen atoms in total. The number of hydrogen-bond donors (Lipinski definition) is 1. The average Bonchev–Trinajstić information content (AvgIpc) is 2.65. The Kier molecular flexibility index (Phi) is 2.70. The van der Waals surface area contributed by atoms with Gasteiger partial charge in [0.15, 0.2) is 5.82 Å². The molecule has 0 amide bonds. The van der Waals surface area contributed by atoms with Gasteiger partial charge in [-0.15, -0.1) is 0 Å². The zero-order valence-corrected chi connectivity index (χ0v) is 8.57. The van der Waals surface area contributed by atoms with Gasteiger partial charge in [-0.25, -0.2) is 0 Å². The number of anilines is 1. The molecular formula is C10H17N3O. The van der Waals surface area contributed by atoms with E-state index in [0.29, 0.717) is 5.92 Å². The van der Waals surface area contributed by atoms with Crippen LogP contribution in [0, 0.1) is 5.92 Å². The van der Waals surface area contributed by atoms with Crippen molar-refractivity contribution in [2.75, 3.05) is 5.73 Å². The molecule has 78 valence electrons. The Balaban J connectivity index is 2.04. The average molecular weight is 195 g/mol. The van der Waals surface area contributed by atoms with Crippen LogP contribution in [0.4, 0.5) is 6.01 Å². The highest BCUT2D eigenvalue weighted by atomic mass is 16.5. The second kappa shape index (κ2) is 3.98. The molecule has 4 heteroatoms. The van der Waals surface area contributed by atoms with E-state index in [1.54, 1.807) is 0 Å². The molecule has 2 unspecified atom stereocenters. The van der Waals surface area contributed by atoms with E-state index in [0.717, 1.165) is 11.7 Å². The summed E-state index contributed by atoms with van der Waals surface area (Å²) >= 11 is 0. The van der Waals surface area contributed by atoms with E-state index < -0.39 is 0 Å². The molecule has 0 saturated heterocycles. The summed E-state index contributed by atoms with van der Waals surface area (Å²) in [6.07, 6.45) is 6.24. The fourth-order valence-corrected chi connectivity index (χ4v) is 2.31. The second-order valence-electron chi connectivity index (χ2n) is 4.13. The molecule has 0 bridgehead atoms. The van der Waals surface area contributed by atoms with Crippen molar-refractivity contribution in [3.8, 4) is 0 Å². The number of nitrogen functional groups attached to an aromatic ring is 1. The van der Waals surface area contributed by atoms with Crippen LogP contribution in [0.3, 0.4) is 0 Å². The van der Waals surface area contributed by atoms with Gasteiger partial charge in [0.05, 0.1) is 0 Å². The Morgan fingerprint density at radius 2 is 2.36 bits per heavy atom. The van der Waals surface area contributed by atoms with Crippen LogP contribution in [-0.2, 0) is 0 Å². The maximum absolute atomic E-state index is 5.41. The summed E-state index contributed by atoms with van der Waals surface area (Å²) in [5, 5.41) is 3.90. The van der Waals surface area contributed by atoms with E-state index in [-0.39, 0.29) is 6.01 Å². The van der Waals surface area contributed by atoms with Crippen LogP contribution in [-0.4, -0.2) is 10.1 Å². The van der Waals surface area contributed by atoms with Crippen LogP contribution >= 0.6 is 0 Å². The van der Waals surface area contributed by atoms with E-state index in [9.17, 15) is 0 Å². The van der Waals surface area contributed by atoms with Gasteiger partial charge < -0.3 is 10.3 Å². The van der Waals surface area contributed by atoms with Crippen molar-refractivity contribution < 1.29 is 4.52 Å². The van der Waals surface area contributed by atoms with Crippen LogP contribution in [0.2, 0.25) is 0 Å².